The van der Waals surface area contributed by atoms with Crippen LogP contribution in [0.4, 0.5) is 0 Å². The van der Waals surface area contributed by atoms with E-state index in [-0.39, 0.29) is 4.90 Å². The summed E-state index contributed by atoms with van der Waals surface area (Å²) in [6.07, 6.45) is 14.5. The molecule has 0 aliphatic rings. The largest absolute Gasteiger partial charge is 0.396 e. The first-order valence-electron chi connectivity index (χ1n) is 7.59. The Bertz CT molecular complexity index is 503. The van der Waals surface area contributed by atoms with Crippen molar-refractivity contribution in [1.29, 1.82) is 0 Å². The van der Waals surface area contributed by atoms with Gasteiger partial charge in [-0.3, -0.25) is 4.55 Å². The summed E-state index contributed by atoms with van der Waals surface area (Å²) in [4.78, 5) is -0.0741. The topological polar surface area (TPSA) is 74.6 Å². The Morgan fingerprint density at radius 3 is 1.82 bits per heavy atom. The van der Waals surface area contributed by atoms with Gasteiger partial charge in [0.15, 0.2) is 0 Å². The summed E-state index contributed by atoms with van der Waals surface area (Å²) in [5.74, 6) is 2.65. The van der Waals surface area contributed by atoms with Crippen LogP contribution in [-0.2, 0) is 10.1 Å². The molecule has 1 aromatic carbocycles. The summed E-state index contributed by atoms with van der Waals surface area (Å²) < 4.78 is 29.2. The van der Waals surface area contributed by atoms with Crippen LogP contribution in [0.2, 0.25) is 0 Å². The van der Waals surface area contributed by atoms with Crippen molar-refractivity contribution in [1.82, 2.24) is 0 Å². The fourth-order valence-corrected chi connectivity index (χ4v) is 2.32. The standard InChI is InChI=1S/C11H20O.C6H6O3S/c1-2-3-4-5-6-7-8-9-10-11-12;7-10(8,9)6-4-2-1-3-5-6/h1,12H,3-11H2;1-5H,(H,7,8,9). The molecule has 0 saturated carbocycles. The summed E-state index contributed by atoms with van der Waals surface area (Å²) in [5.41, 5.74) is 0. The molecule has 0 bridgehead atoms. The summed E-state index contributed by atoms with van der Waals surface area (Å²) >= 11 is 0. The first-order chi connectivity index (χ1) is 10.5. The third-order valence-electron chi connectivity index (χ3n) is 3.02. The van der Waals surface area contributed by atoms with Gasteiger partial charge >= 0.3 is 0 Å². The van der Waals surface area contributed by atoms with Crippen molar-refractivity contribution < 1.29 is 18.1 Å². The minimum absolute atomic E-state index is 0.0741. The second-order valence-electron chi connectivity index (χ2n) is 4.94. The van der Waals surface area contributed by atoms with E-state index in [0.717, 1.165) is 12.8 Å². The van der Waals surface area contributed by atoms with Crippen molar-refractivity contribution in [3.05, 3.63) is 30.3 Å². The number of aliphatic hydroxyl groups is 1. The minimum Gasteiger partial charge on any atom is -0.396 e. The molecule has 124 valence electrons. The fourth-order valence-electron chi connectivity index (χ4n) is 1.82. The van der Waals surface area contributed by atoms with Crippen molar-refractivity contribution in [2.24, 2.45) is 0 Å². The molecule has 0 heterocycles. The molecule has 0 spiro atoms. The van der Waals surface area contributed by atoms with Crippen LogP contribution >= 0.6 is 0 Å². The summed E-state index contributed by atoms with van der Waals surface area (Å²) in [6.45, 7) is 0.344. The molecule has 22 heavy (non-hydrogen) atoms. The van der Waals surface area contributed by atoms with Crippen molar-refractivity contribution >= 4 is 10.1 Å². The normalized spacial score (nSPS) is 10.4. The molecule has 0 atom stereocenters. The van der Waals surface area contributed by atoms with Crippen LogP contribution in [0.25, 0.3) is 0 Å². The molecule has 2 N–H and O–H groups in total. The Morgan fingerprint density at radius 2 is 1.41 bits per heavy atom. The third-order valence-corrected chi connectivity index (χ3v) is 3.89. The first kappa shape index (κ1) is 20.6. The van der Waals surface area contributed by atoms with E-state index in [2.05, 4.69) is 5.92 Å². The molecule has 4 nitrogen and oxygen atoms in total. The second kappa shape index (κ2) is 13.3. The molecule has 0 unspecified atom stereocenters. The zero-order valence-electron chi connectivity index (χ0n) is 12.9. The lowest BCUT2D eigenvalue weighted by molar-refractivity contribution is 0.282. The van der Waals surface area contributed by atoms with Crippen LogP contribution < -0.4 is 0 Å². The number of terminal acetylenes is 1. The molecule has 0 radical (unpaired) electrons. The maximum Gasteiger partial charge on any atom is 0.294 e. The number of hydrogen-bond donors (Lipinski definition) is 2. The number of aliphatic hydroxyl groups excluding tert-OH is 1. The highest BCUT2D eigenvalue weighted by Crippen LogP contribution is 2.07. The van der Waals surface area contributed by atoms with Gasteiger partial charge in [0.1, 0.15) is 0 Å². The van der Waals surface area contributed by atoms with Crippen LogP contribution in [-0.4, -0.2) is 24.7 Å². The number of hydrogen-bond acceptors (Lipinski definition) is 3. The Kier molecular flexibility index (Phi) is 12.5. The fraction of sp³-hybridized carbons (Fsp3) is 0.529. The lowest BCUT2D eigenvalue weighted by Gasteiger charge is -1.98. The predicted octanol–water partition coefficient (Wildman–Crippen LogP) is 3.67. The van der Waals surface area contributed by atoms with Gasteiger partial charge in [-0.05, 0) is 25.0 Å². The molecule has 0 aliphatic carbocycles. The van der Waals surface area contributed by atoms with Gasteiger partial charge in [0, 0.05) is 13.0 Å². The van der Waals surface area contributed by atoms with E-state index in [1.807, 2.05) is 0 Å². The average Bonchev–Trinajstić information content (AvgIpc) is 2.51. The maximum atomic E-state index is 10.4. The molecule has 0 saturated heterocycles. The van der Waals surface area contributed by atoms with Gasteiger partial charge in [-0.25, -0.2) is 0 Å². The molecule has 0 aromatic heterocycles. The minimum atomic E-state index is -4.00. The number of rotatable bonds is 9. The van der Waals surface area contributed by atoms with Crippen molar-refractivity contribution in [3.8, 4) is 12.3 Å². The van der Waals surface area contributed by atoms with Crippen molar-refractivity contribution in [2.45, 2.75) is 56.3 Å². The molecular weight excluding hydrogens is 300 g/mol. The molecule has 1 rings (SSSR count). The van der Waals surface area contributed by atoms with E-state index in [9.17, 15) is 8.42 Å². The maximum absolute atomic E-state index is 10.4. The van der Waals surface area contributed by atoms with Gasteiger partial charge in [0.05, 0.1) is 4.90 Å². The predicted molar refractivity (Wildman–Crippen MR) is 89.1 cm³/mol. The zero-order chi connectivity index (χ0) is 16.7. The van der Waals surface area contributed by atoms with Crippen molar-refractivity contribution in [3.63, 3.8) is 0 Å². The van der Waals surface area contributed by atoms with Crippen LogP contribution in [0.1, 0.15) is 51.4 Å². The molecule has 0 aliphatic heterocycles. The average molecular weight is 326 g/mol. The lowest BCUT2D eigenvalue weighted by Crippen LogP contribution is -1.96. The third kappa shape index (κ3) is 12.4. The van der Waals surface area contributed by atoms with Gasteiger partial charge in [-0.15, -0.1) is 12.3 Å². The van der Waals surface area contributed by atoms with Gasteiger partial charge in [0.2, 0.25) is 0 Å². The summed E-state index contributed by atoms with van der Waals surface area (Å²) in [6, 6.07) is 7.42. The Balaban J connectivity index is 0.000000406. The van der Waals surface area contributed by atoms with Crippen LogP contribution in [0, 0.1) is 12.3 Å². The van der Waals surface area contributed by atoms with E-state index in [0.29, 0.717) is 6.61 Å². The smallest absolute Gasteiger partial charge is 0.294 e. The molecular formula is C17H26O4S. The quantitative estimate of drug-likeness (QED) is 0.412. The zero-order valence-corrected chi connectivity index (χ0v) is 13.8. The van der Waals surface area contributed by atoms with E-state index >= 15 is 0 Å². The molecule has 1 aromatic rings. The van der Waals surface area contributed by atoms with E-state index in [1.54, 1.807) is 18.2 Å². The first-order valence-corrected chi connectivity index (χ1v) is 9.03. The van der Waals surface area contributed by atoms with E-state index in [4.69, 9.17) is 16.1 Å². The number of unbranched alkanes of at least 4 members (excludes halogenated alkanes) is 7. The molecule has 5 heteroatoms. The summed E-state index contributed by atoms with van der Waals surface area (Å²) in [5, 5.41) is 8.52. The monoisotopic (exact) mass is 326 g/mol. The number of benzene rings is 1. The van der Waals surface area contributed by atoms with Gasteiger partial charge in [-0.1, -0.05) is 50.3 Å². The highest BCUT2D eigenvalue weighted by Gasteiger charge is 2.05. The van der Waals surface area contributed by atoms with Gasteiger partial charge in [0.25, 0.3) is 10.1 Å². The highest BCUT2D eigenvalue weighted by molar-refractivity contribution is 7.85. The Hall–Kier alpha value is -1.35. The highest BCUT2D eigenvalue weighted by atomic mass is 32.2. The second-order valence-corrected chi connectivity index (χ2v) is 6.36. The van der Waals surface area contributed by atoms with Crippen LogP contribution in [0.3, 0.4) is 0 Å². The SMILES string of the molecule is C#CCCCCCCCCCO.O=S(=O)(O)c1ccccc1. The van der Waals surface area contributed by atoms with Gasteiger partial charge in [-0.2, -0.15) is 8.42 Å². The van der Waals surface area contributed by atoms with Crippen LogP contribution in [0.5, 0.6) is 0 Å². The Morgan fingerprint density at radius 1 is 0.909 bits per heavy atom. The summed E-state index contributed by atoms with van der Waals surface area (Å²) in [7, 11) is -4.00. The van der Waals surface area contributed by atoms with Gasteiger partial charge < -0.3 is 5.11 Å². The molecule has 0 amide bonds. The lowest BCUT2D eigenvalue weighted by atomic mass is 10.1. The van der Waals surface area contributed by atoms with E-state index in [1.165, 1.54) is 50.7 Å². The van der Waals surface area contributed by atoms with Crippen LogP contribution in [0.15, 0.2) is 35.2 Å². The van der Waals surface area contributed by atoms with E-state index < -0.39 is 10.1 Å². The van der Waals surface area contributed by atoms with Crippen molar-refractivity contribution in [2.75, 3.05) is 6.61 Å². The molecule has 0 fully saturated rings. The Labute approximate surface area is 134 Å².